The first-order valence-corrected chi connectivity index (χ1v) is 8.89. The number of benzene rings is 2. The van der Waals surface area contributed by atoms with Gasteiger partial charge in [-0.1, -0.05) is 66.4 Å². The van der Waals surface area contributed by atoms with Crippen LogP contribution in [0.2, 0.25) is 0 Å². The fraction of sp³-hybridized carbons (Fsp3) is 0.100. The minimum atomic E-state index is 0.422. The summed E-state index contributed by atoms with van der Waals surface area (Å²) in [6.45, 7) is 0.422. The molecule has 0 aliphatic heterocycles. The van der Waals surface area contributed by atoms with E-state index in [0.717, 1.165) is 16.9 Å². The van der Waals surface area contributed by atoms with E-state index >= 15 is 0 Å². The summed E-state index contributed by atoms with van der Waals surface area (Å²) in [6.07, 6.45) is 1.61. The zero-order valence-electron chi connectivity index (χ0n) is 13.7. The summed E-state index contributed by atoms with van der Waals surface area (Å²) in [5, 5.41) is 8.68. The van der Waals surface area contributed by atoms with E-state index in [1.165, 1.54) is 17.3 Å². The number of amidine groups is 1. The van der Waals surface area contributed by atoms with Crippen LogP contribution in [-0.2, 0) is 6.54 Å². The van der Waals surface area contributed by atoms with Crippen LogP contribution in [-0.4, -0.2) is 16.6 Å². The zero-order valence-corrected chi connectivity index (χ0v) is 14.5. The predicted molar refractivity (Wildman–Crippen MR) is 105 cm³/mol. The highest BCUT2D eigenvalue weighted by Crippen LogP contribution is 2.20. The largest absolute Gasteiger partial charge is 0.467 e. The van der Waals surface area contributed by atoms with E-state index in [0.29, 0.717) is 23.2 Å². The van der Waals surface area contributed by atoms with E-state index < -0.39 is 0 Å². The van der Waals surface area contributed by atoms with Crippen molar-refractivity contribution >= 4 is 22.6 Å². The summed E-state index contributed by atoms with van der Waals surface area (Å²) in [6, 6.07) is 21.9. The molecule has 3 N–H and O–H groups in total. The summed E-state index contributed by atoms with van der Waals surface area (Å²) >= 11 is 1.36. The van der Waals surface area contributed by atoms with Crippen LogP contribution in [0, 0.1) is 5.41 Å². The third kappa shape index (κ3) is 4.84. The molecule has 5 heteroatoms. The van der Waals surface area contributed by atoms with Gasteiger partial charge in [0.25, 0.3) is 0 Å². The van der Waals surface area contributed by atoms with Gasteiger partial charge < -0.3 is 15.6 Å². The second kappa shape index (κ2) is 8.35. The number of hydrogen-bond acceptors (Lipinski definition) is 4. The number of nitrogens with one attached hydrogen (secondary N) is 1. The van der Waals surface area contributed by atoms with Gasteiger partial charge in [0.05, 0.1) is 12.8 Å². The number of aliphatic imine (C=N–C) groups is 1. The maximum Gasteiger partial charge on any atom is 0.154 e. The van der Waals surface area contributed by atoms with Gasteiger partial charge in [-0.15, -0.1) is 0 Å². The molecule has 126 valence electrons. The van der Waals surface area contributed by atoms with Crippen molar-refractivity contribution in [1.29, 1.82) is 5.41 Å². The maximum absolute atomic E-state index is 8.22. The summed E-state index contributed by atoms with van der Waals surface area (Å²) in [5.74, 6) is 1.26. The van der Waals surface area contributed by atoms with Crippen molar-refractivity contribution in [2.24, 2.45) is 10.7 Å². The highest BCUT2D eigenvalue weighted by Gasteiger charge is 2.05. The van der Waals surface area contributed by atoms with Gasteiger partial charge in [0.15, 0.2) is 5.17 Å². The van der Waals surface area contributed by atoms with E-state index in [4.69, 9.17) is 15.6 Å². The number of nitrogens with two attached hydrogens (primary N) is 1. The van der Waals surface area contributed by atoms with Crippen LogP contribution in [0.25, 0.3) is 11.1 Å². The smallest absolute Gasteiger partial charge is 0.154 e. The number of hydrogen-bond donors (Lipinski definition) is 2. The summed E-state index contributed by atoms with van der Waals surface area (Å²) < 4.78 is 5.21. The van der Waals surface area contributed by atoms with E-state index in [1.54, 1.807) is 6.26 Å². The molecule has 1 heterocycles. The summed E-state index contributed by atoms with van der Waals surface area (Å²) in [4.78, 5) is 4.25. The van der Waals surface area contributed by atoms with Gasteiger partial charge in [-0.3, -0.25) is 4.99 Å². The molecule has 0 atom stereocenters. The van der Waals surface area contributed by atoms with Gasteiger partial charge in [-0.2, -0.15) is 0 Å². The summed E-state index contributed by atoms with van der Waals surface area (Å²) in [7, 11) is 0. The van der Waals surface area contributed by atoms with E-state index in [1.807, 2.05) is 54.6 Å². The van der Waals surface area contributed by atoms with Crippen LogP contribution >= 0.6 is 11.8 Å². The average Bonchev–Trinajstić information content (AvgIpc) is 3.19. The van der Waals surface area contributed by atoms with Crippen LogP contribution in [0.4, 0.5) is 0 Å². The van der Waals surface area contributed by atoms with Crippen LogP contribution in [0.15, 0.2) is 82.4 Å². The first-order valence-electron chi connectivity index (χ1n) is 7.91. The molecule has 2 aromatic carbocycles. The SMILES string of the molecule is N=C(CSC(N)=NCc1ccco1)c1ccc(-c2ccccc2)cc1. The van der Waals surface area contributed by atoms with Gasteiger partial charge in [0, 0.05) is 11.5 Å². The van der Waals surface area contributed by atoms with Crippen molar-refractivity contribution in [2.45, 2.75) is 6.54 Å². The molecule has 3 aromatic rings. The monoisotopic (exact) mass is 349 g/mol. The quantitative estimate of drug-likeness (QED) is 0.506. The topological polar surface area (TPSA) is 75.4 Å². The average molecular weight is 349 g/mol. The standard InChI is InChI=1S/C20H19N3OS/c21-19(14-25-20(22)23-13-18-7-4-12-24-18)17-10-8-16(9-11-17)15-5-2-1-3-6-15/h1-12,21H,13-14H2,(H2,22,23). The lowest BCUT2D eigenvalue weighted by Gasteiger charge is -2.06. The minimum Gasteiger partial charge on any atom is -0.467 e. The van der Waals surface area contributed by atoms with E-state index in [9.17, 15) is 0 Å². The molecular formula is C20H19N3OS. The molecule has 0 aliphatic rings. The second-order valence-corrected chi connectivity index (χ2v) is 6.44. The lowest BCUT2D eigenvalue weighted by atomic mass is 10.0. The van der Waals surface area contributed by atoms with Crippen LogP contribution in [0.5, 0.6) is 0 Å². The minimum absolute atomic E-state index is 0.422. The third-order valence-corrected chi connectivity index (χ3v) is 4.53. The third-order valence-electron chi connectivity index (χ3n) is 3.68. The van der Waals surface area contributed by atoms with Gasteiger partial charge in [-0.25, -0.2) is 0 Å². The van der Waals surface area contributed by atoms with Crippen molar-refractivity contribution in [3.8, 4) is 11.1 Å². The van der Waals surface area contributed by atoms with Crippen LogP contribution < -0.4 is 5.73 Å². The van der Waals surface area contributed by atoms with Crippen LogP contribution in [0.1, 0.15) is 11.3 Å². The molecule has 0 radical (unpaired) electrons. The Morgan fingerprint density at radius 2 is 1.68 bits per heavy atom. The molecule has 0 unspecified atom stereocenters. The van der Waals surface area contributed by atoms with Gasteiger partial charge in [0.1, 0.15) is 5.76 Å². The fourth-order valence-corrected chi connectivity index (χ4v) is 2.94. The Balaban J connectivity index is 1.55. The Labute approximate surface area is 151 Å². The zero-order chi connectivity index (χ0) is 17.5. The van der Waals surface area contributed by atoms with Crippen LogP contribution in [0.3, 0.4) is 0 Å². The Kier molecular flexibility index (Phi) is 5.69. The number of thioether (sulfide) groups is 1. The molecule has 0 saturated carbocycles. The summed E-state index contributed by atoms with van der Waals surface area (Å²) in [5.41, 5.74) is 9.63. The normalized spacial score (nSPS) is 11.4. The Morgan fingerprint density at radius 1 is 0.960 bits per heavy atom. The van der Waals surface area contributed by atoms with Gasteiger partial charge >= 0.3 is 0 Å². The predicted octanol–water partition coefficient (Wildman–Crippen LogP) is 4.56. The Bertz CT molecular complexity index is 840. The molecule has 1 aromatic heterocycles. The van der Waals surface area contributed by atoms with Crippen molar-refractivity contribution in [1.82, 2.24) is 0 Å². The van der Waals surface area contributed by atoms with Crippen molar-refractivity contribution in [3.05, 3.63) is 84.3 Å². The molecular weight excluding hydrogens is 330 g/mol. The lowest BCUT2D eigenvalue weighted by molar-refractivity contribution is 0.513. The first kappa shape index (κ1) is 17.0. The molecule has 0 bridgehead atoms. The molecule has 0 aliphatic carbocycles. The first-order chi connectivity index (χ1) is 12.2. The van der Waals surface area contributed by atoms with Crippen molar-refractivity contribution < 1.29 is 4.42 Å². The molecule has 0 spiro atoms. The lowest BCUT2D eigenvalue weighted by Crippen LogP contribution is -2.12. The van der Waals surface area contributed by atoms with Gasteiger partial charge in [0.2, 0.25) is 0 Å². The van der Waals surface area contributed by atoms with Gasteiger partial charge in [-0.05, 0) is 28.8 Å². The molecule has 25 heavy (non-hydrogen) atoms. The maximum atomic E-state index is 8.22. The Morgan fingerprint density at radius 3 is 2.36 bits per heavy atom. The highest BCUT2D eigenvalue weighted by molar-refractivity contribution is 8.14. The molecule has 4 nitrogen and oxygen atoms in total. The van der Waals surface area contributed by atoms with Crippen molar-refractivity contribution in [2.75, 3.05) is 5.75 Å². The van der Waals surface area contributed by atoms with E-state index in [2.05, 4.69) is 17.1 Å². The molecule has 0 amide bonds. The van der Waals surface area contributed by atoms with E-state index in [-0.39, 0.29) is 0 Å². The number of furan rings is 1. The molecule has 0 fully saturated rings. The number of rotatable bonds is 6. The molecule has 3 rings (SSSR count). The highest BCUT2D eigenvalue weighted by atomic mass is 32.2. The molecule has 0 saturated heterocycles. The second-order valence-electron chi connectivity index (χ2n) is 5.44. The number of nitrogens with zero attached hydrogens (tertiary/aromatic N) is 1. The van der Waals surface area contributed by atoms with Crippen molar-refractivity contribution in [3.63, 3.8) is 0 Å². The fourth-order valence-electron chi connectivity index (χ4n) is 2.33. The Hall–Kier alpha value is -2.79.